The van der Waals surface area contributed by atoms with Crippen LogP contribution >= 0.6 is 0 Å². The van der Waals surface area contributed by atoms with Crippen molar-refractivity contribution in [3.05, 3.63) is 71.8 Å². The summed E-state index contributed by atoms with van der Waals surface area (Å²) in [5, 5.41) is 1.81. The van der Waals surface area contributed by atoms with Gasteiger partial charge in [0.25, 0.3) is 0 Å². The van der Waals surface area contributed by atoms with E-state index in [-0.39, 0.29) is 5.78 Å². The molecule has 0 radical (unpaired) electrons. The van der Waals surface area contributed by atoms with Crippen LogP contribution in [0.15, 0.2) is 60.7 Å². The number of ether oxygens (including phenoxy) is 1. The van der Waals surface area contributed by atoms with Crippen molar-refractivity contribution in [2.24, 2.45) is 0 Å². The molecule has 3 aromatic rings. The van der Waals surface area contributed by atoms with Crippen LogP contribution in [-0.2, 0) is 0 Å². The molecule has 3 heteroatoms. The zero-order valence-electron chi connectivity index (χ0n) is 12.4. The third kappa shape index (κ3) is 2.42. The fourth-order valence-corrected chi connectivity index (χ4v) is 2.60. The van der Waals surface area contributed by atoms with Crippen molar-refractivity contribution in [1.82, 2.24) is 0 Å². The SMILES string of the molecule is CCOc1ccc(C(=O)c2ccccc2N)c2ccccc12. The molecule has 3 rings (SSSR count). The van der Waals surface area contributed by atoms with Crippen LogP contribution in [0.3, 0.4) is 0 Å². The zero-order valence-corrected chi connectivity index (χ0v) is 12.4. The summed E-state index contributed by atoms with van der Waals surface area (Å²) >= 11 is 0. The van der Waals surface area contributed by atoms with Crippen molar-refractivity contribution >= 4 is 22.2 Å². The minimum Gasteiger partial charge on any atom is -0.493 e. The first-order valence-corrected chi connectivity index (χ1v) is 7.26. The summed E-state index contributed by atoms with van der Waals surface area (Å²) < 4.78 is 5.65. The number of carbonyl (C=O) groups is 1. The van der Waals surface area contributed by atoms with Crippen LogP contribution in [0.4, 0.5) is 5.69 Å². The minimum absolute atomic E-state index is 0.0719. The van der Waals surface area contributed by atoms with Crippen molar-refractivity contribution in [3.8, 4) is 5.75 Å². The van der Waals surface area contributed by atoms with E-state index in [4.69, 9.17) is 10.5 Å². The molecule has 0 bridgehead atoms. The Bertz CT molecular complexity index is 840. The average molecular weight is 291 g/mol. The second kappa shape index (κ2) is 5.90. The smallest absolute Gasteiger partial charge is 0.195 e. The highest BCUT2D eigenvalue weighted by Gasteiger charge is 2.16. The van der Waals surface area contributed by atoms with Gasteiger partial charge >= 0.3 is 0 Å². The summed E-state index contributed by atoms with van der Waals surface area (Å²) in [5.41, 5.74) is 7.59. The van der Waals surface area contributed by atoms with Gasteiger partial charge in [0, 0.05) is 22.2 Å². The average Bonchev–Trinajstić information content (AvgIpc) is 2.55. The molecule has 0 aliphatic rings. The molecule has 0 spiro atoms. The number of fused-ring (bicyclic) bond motifs is 1. The minimum atomic E-state index is -0.0719. The van der Waals surface area contributed by atoms with Crippen LogP contribution < -0.4 is 10.5 Å². The number of nitrogen functional groups attached to an aromatic ring is 1. The maximum Gasteiger partial charge on any atom is 0.195 e. The molecule has 0 saturated carbocycles. The van der Waals surface area contributed by atoms with E-state index in [1.165, 1.54) is 0 Å². The summed E-state index contributed by atoms with van der Waals surface area (Å²) in [4.78, 5) is 12.8. The van der Waals surface area contributed by atoms with Crippen molar-refractivity contribution in [2.45, 2.75) is 6.92 Å². The third-order valence-electron chi connectivity index (χ3n) is 3.63. The normalized spacial score (nSPS) is 10.6. The van der Waals surface area contributed by atoms with Gasteiger partial charge in [-0.1, -0.05) is 36.4 Å². The summed E-state index contributed by atoms with van der Waals surface area (Å²) in [6.07, 6.45) is 0. The van der Waals surface area contributed by atoms with Gasteiger partial charge in [-0.25, -0.2) is 0 Å². The second-order valence-electron chi connectivity index (χ2n) is 5.01. The Balaban J connectivity index is 2.18. The molecule has 0 saturated heterocycles. The summed E-state index contributed by atoms with van der Waals surface area (Å²) in [7, 11) is 0. The number of hydrogen-bond acceptors (Lipinski definition) is 3. The van der Waals surface area contributed by atoms with Crippen molar-refractivity contribution in [3.63, 3.8) is 0 Å². The number of ketones is 1. The molecule has 0 atom stereocenters. The molecule has 0 heterocycles. The highest BCUT2D eigenvalue weighted by molar-refractivity contribution is 6.19. The molecular formula is C19H17NO2. The quantitative estimate of drug-likeness (QED) is 0.582. The van der Waals surface area contributed by atoms with Gasteiger partial charge in [-0.05, 0) is 36.6 Å². The lowest BCUT2D eigenvalue weighted by Gasteiger charge is -2.12. The third-order valence-corrected chi connectivity index (χ3v) is 3.63. The monoisotopic (exact) mass is 291 g/mol. The Morgan fingerprint density at radius 1 is 0.909 bits per heavy atom. The van der Waals surface area contributed by atoms with Gasteiger partial charge in [0.1, 0.15) is 5.75 Å². The Kier molecular flexibility index (Phi) is 3.79. The van der Waals surface area contributed by atoms with Crippen molar-refractivity contribution in [1.29, 1.82) is 0 Å². The predicted molar refractivity (Wildman–Crippen MR) is 89.4 cm³/mol. The fourth-order valence-electron chi connectivity index (χ4n) is 2.60. The van der Waals surface area contributed by atoms with Gasteiger partial charge in [-0.15, -0.1) is 0 Å². The van der Waals surface area contributed by atoms with Gasteiger partial charge in [0.15, 0.2) is 5.78 Å². The number of benzene rings is 3. The van der Waals surface area contributed by atoms with Crippen molar-refractivity contribution in [2.75, 3.05) is 12.3 Å². The second-order valence-corrected chi connectivity index (χ2v) is 5.01. The number of hydrogen-bond donors (Lipinski definition) is 1. The van der Waals surface area contributed by atoms with Crippen LogP contribution in [0.25, 0.3) is 10.8 Å². The first kappa shape index (κ1) is 14.1. The summed E-state index contributed by atoms with van der Waals surface area (Å²) in [6.45, 7) is 2.53. The van der Waals surface area contributed by atoms with Gasteiger partial charge in [-0.2, -0.15) is 0 Å². The van der Waals surface area contributed by atoms with Gasteiger partial charge in [0.2, 0.25) is 0 Å². The number of anilines is 1. The molecular weight excluding hydrogens is 274 g/mol. The van der Waals surface area contributed by atoms with Crippen molar-refractivity contribution < 1.29 is 9.53 Å². The van der Waals surface area contributed by atoms with E-state index in [1.54, 1.807) is 12.1 Å². The molecule has 22 heavy (non-hydrogen) atoms. The predicted octanol–water partition coefficient (Wildman–Crippen LogP) is 4.05. The Labute approximate surface area is 129 Å². The van der Waals surface area contributed by atoms with Crippen LogP contribution in [0.5, 0.6) is 5.75 Å². The van der Waals surface area contributed by atoms with E-state index in [9.17, 15) is 4.79 Å². The highest BCUT2D eigenvalue weighted by atomic mass is 16.5. The Hall–Kier alpha value is -2.81. The molecule has 2 N–H and O–H groups in total. The summed E-state index contributed by atoms with van der Waals surface area (Å²) in [6, 6.07) is 18.5. The van der Waals surface area contributed by atoms with Gasteiger partial charge < -0.3 is 10.5 Å². The largest absolute Gasteiger partial charge is 0.493 e. The van der Waals surface area contributed by atoms with Gasteiger partial charge in [0.05, 0.1) is 6.61 Å². The maximum absolute atomic E-state index is 12.8. The lowest BCUT2D eigenvalue weighted by molar-refractivity contribution is 0.104. The van der Waals surface area contributed by atoms with Gasteiger partial charge in [-0.3, -0.25) is 4.79 Å². The molecule has 0 unspecified atom stereocenters. The molecule has 0 aliphatic heterocycles. The number of para-hydroxylation sites is 1. The van der Waals surface area contributed by atoms with E-state index in [2.05, 4.69) is 0 Å². The standard InChI is InChI=1S/C19H17NO2/c1-2-22-18-12-11-15(13-7-3-4-8-14(13)18)19(21)16-9-5-6-10-17(16)20/h3-12H,2,20H2,1H3. The Morgan fingerprint density at radius 2 is 1.59 bits per heavy atom. The molecule has 110 valence electrons. The van der Waals surface area contributed by atoms with Crippen LogP contribution in [-0.4, -0.2) is 12.4 Å². The zero-order chi connectivity index (χ0) is 15.5. The lowest BCUT2D eigenvalue weighted by Crippen LogP contribution is -2.06. The van der Waals surface area contributed by atoms with Crippen LogP contribution in [0.2, 0.25) is 0 Å². The maximum atomic E-state index is 12.8. The fraction of sp³-hybridized carbons (Fsp3) is 0.105. The molecule has 0 amide bonds. The van der Waals surface area contributed by atoms with E-state index in [0.717, 1.165) is 16.5 Å². The van der Waals surface area contributed by atoms with E-state index in [1.807, 2.05) is 55.5 Å². The first-order chi connectivity index (χ1) is 10.7. The Morgan fingerprint density at radius 3 is 2.32 bits per heavy atom. The van der Waals surface area contributed by atoms with E-state index < -0.39 is 0 Å². The highest BCUT2D eigenvalue weighted by Crippen LogP contribution is 2.30. The summed E-state index contributed by atoms with van der Waals surface area (Å²) in [5.74, 6) is 0.716. The van der Waals surface area contributed by atoms with Crippen LogP contribution in [0.1, 0.15) is 22.8 Å². The van der Waals surface area contributed by atoms with E-state index >= 15 is 0 Å². The number of carbonyl (C=O) groups excluding carboxylic acids is 1. The first-order valence-electron chi connectivity index (χ1n) is 7.26. The van der Waals surface area contributed by atoms with E-state index in [0.29, 0.717) is 23.4 Å². The molecule has 0 aliphatic carbocycles. The molecule has 3 aromatic carbocycles. The number of nitrogens with two attached hydrogens (primary N) is 1. The number of rotatable bonds is 4. The molecule has 0 aromatic heterocycles. The lowest BCUT2D eigenvalue weighted by atomic mass is 9.96. The van der Waals surface area contributed by atoms with Crippen LogP contribution in [0, 0.1) is 0 Å². The topological polar surface area (TPSA) is 52.3 Å². The molecule has 3 nitrogen and oxygen atoms in total. The molecule has 0 fully saturated rings.